The van der Waals surface area contributed by atoms with E-state index < -0.39 is 0 Å². The normalized spacial score (nSPS) is 10.6. The lowest BCUT2D eigenvalue weighted by Gasteiger charge is -2.09. The number of halogens is 1. The van der Waals surface area contributed by atoms with Crippen molar-refractivity contribution in [3.63, 3.8) is 0 Å². The fourth-order valence-electron chi connectivity index (χ4n) is 2.49. The zero-order chi connectivity index (χ0) is 19.6. The molecule has 0 fully saturated rings. The van der Waals surface area contributed by atoms with Gasteiger partial charge in [-0.15, -0.1) is 24.0 Å². The van der Waals surface area contributed by atoms with Gasteiger partial charge in [0.1, 0.15) is 11.5 Å². The summed E-state index contributed by atoms with van der Waals surface area (Å²) in [5.41, 5.74) is 7.31. The molecule has 3 aromatic carbocycles. The van der Waals surface area contributed by atoms with Crippen molar-refractivity contribution in [2.24, 2.45) is 10.7 Å². The van der Waals surface area contributed by atoms with Gasteiger partial charge in [0.05, 0.1) is 6.54 Å². The molecule has 0 atom stereocenters. The van der Waals surface area contributed by atoms with E-state index in [9.17, 15) is 4.79 Å². The van der Waals surface area contributed by atoms with Crippen LogP contribution in [0.5, 0.6) is 11.5 Å². The molecule has 3 rings (SSSR count). The zero-order valence-corrected chi connectivity index (χ0v) is 18.1. The van der Waals surface area contributed by atoms with Gasteiger partial charge in [-0.3, -0.25) is 9.79 Å². The van der Waals surface area contributed by atoms with Crippen LogP contribution in [-0.4, -0.2) is 25.0 Å². The van der Waals surface area contributed by atoms with Crippen molar-refractivity contribution >= 4 is 41.5 Å². The molecule has 0 aliphatic rings. The van der Waals surface area contributed by atoms with Gasteiger partial charge in [0.25, 0.3) is 5.91 Å². The Morgan fingerprint density at radius 1 is 0.897 bits per heavy atom. The first-order valence-corrected chi connectivity index (χ1v) is 8.94. The molecule has 150 valence electrons. The molecule has 0 saturated heterocycles. The molecule has 0 aliphatic carbocycles. The number of amides is 1. The fraction of sp³-hybridized carbons (Fsp3) is 0.0909. The molecule has 6 nitrogen and oxygen atoms in total. The van der Waals surface area contributed by atoms with Crippen LogP contribution in [0.2, 0.25) is 0 Å². The van der Waals surface area contributed by atoms with Crippen LogP contribution in [0.15, 0.2) is 89.9 Å². The van der Waals surface area contributed by atoms with Crippen LogP contribution in [-0.2, 0) is 0 Å². The van der Waals surface area contributed by atoms with E-state index in [0.29, 0.717) is 24.4 Å². The molecule has 7 heteroatoms. The van der Waals surface area contributed by atoms with Crippen LogP contribution in [0.4, 0.5) is 5.69 Å². The molecule has 1 amide bonds. The number of hydrogen-bond acceptors (Lipinski definition) is 3. The molecule has 0 bridgehead atoms. The SMILES string of the molecule is I.NC(=NCCNC(=O)c1ccccc1)Nc1cccc(Oc2ccccc2)c1. The second kappa shape index (κ2) is 11.7. The van der Waals surface area contributed by atoms with Gasteiger partial charge in [0.2, 0.25) is 0 Å². The van der Waals surface area contributed by atoms with Gasteiger partial charge in [-0.25, -0.2) is 0 Å². The lowest BCUT2D eigenvalue weighted by molar-refractivity contribution is 0.0955. The number of carbonyl (C=O) groups is 1. The van der Waals surface area contributed by atoms with Crippen molar-refractivity contribution in [2.75, 3.05) is 18.4 Å². The topological polar surface area (TPSA) is 88.7 Å². The molecule has 29 heavy (non-hydrogen) atoms. The smallest absolute Gasteiger partial charge is 0.251 e. The minimum absolute atomic E-state index is 0. The summed E-state index contributed by atoms with van der Waals surface area (Å²) in [7, 11) is 0. The molecular formula is C22H23IN4O2. The number of rotatable bonds is 7. The quantitative estimate of drug-likeness (QED) is 0.195. The Balaban J connectivity index is 0.00000300. The maximum atomic E-state index is 11.9. The van der Waals surface area contributed by atoms with Gasteiger partial charge >= 0.3 is 0 Å². The number of guanidine groups is 1. The Labute approximate surface area is 187 Å². The van der Waals surface area contributed by atoms with Crippen molar-refractivity contribution < 1.29 is 9.53 Å². The molecule has 0 aliphatic heterocycles. The summed E-state index contributed by atoms with van der Waals surface area (Å²) in [6, 6.07) is 26.0. The Morgan fingerprint density at radius 3 is 2.28 bits per heavy atom. The van der Waals surface area contributed by atoms with Crippen LogP contribution in [0, 0.1) is 0 Å². The average Bonchev–Trinajstić information content (AvgIpc) is 2.73. The fourth-order valence-corrected chi connectivity index (χ4v) is 2.49. The predicted octanol–water partition coefficient (Wildman–Crippen LogP) is 4.25. The van der Waals surface area contributed by atoms with E-state index >= 15 is 0 Å². The number of para-hydroxylation sites is 1. The van der Waals surface area contributed by atoms with Crippen LogP contribution in [0.3, 0.4) is 0 Å². The van der Waals surface area contributed by atoms with E-state index in [1.54, 1.807) is 12.1 Å². The van der Waals surface area contributed by atoms with Crippen molar-refractivity contribution in [2.45, 2.75) is 0 Å². The van der Waals surface area contributed by atoms with E-state index in [4.69, 9.17) is 10.5 Å². The molecule has 4 N–H and O–H groups in total. The van der Waals surface area contributed by atoms with Crippen LogP contribution < -0.4 is 21.1 Å². The highest BCUT2D eigenvalue weighted by Gasteiger charge is 2.03. The number of nitrogens with one attached hydrogen (secondary N) is 2. The van der Waals surface area contributed by atoms with Gasteiger partial charge in [-0.2, -0.15) is 0 Å². The highest BCUT2D eigenvalue weighted by Crippen LogP contribution is 2.23. The summed E-state index contributed by atoms with van der Waals surface area (Å²) in [6.07, 6.45) is 0. The third-order valence-electron chi connectivity index (χ3n) is 3.80. The van der Waals surface area contributed by atoms with E-state index in [1.807, 2.05) is 72.8 Å². The summed E-state index contributed by atoms with van der Waals surface area (Å²) >= 11 is 0. The monoisotopic (exact) mass is 502 g/mol. The maximum absolute atomic E-state index is 11.9. The molecule has 0 spiro atoms. The standard InChI is InChI=1S/C22H22N4O2.HI/c23-22(25-15-14-24-21(27)17-8-3-1-4-9-17)26-18-10-7-13-20(16-18)28-19-11-5-2-6-12-19;/h1-13,16H,14-15H2,(H,24,27)(H3,23,25,26);1H. The van der Waals surface area contributed by atoms with E-state index in [2.05, 4.69) is 15.6 Å². The molecule has 3 aromatic rings. The van der Waals surface area contributed by atoms with Gasteiger partial charge in [0.15, 0.2) is 5.96 Å². The lowest BCUT2D eigenvalue weighted by Crippen LogP contribution is -2.28. The molecule has 0 radical (unpaired) electrons. The van der Waals surface area contributed by atoms with Crippen LogP contribution >= 0.6 is 24.0 Å². The summed E-state index contributed by atoms with van der Waals surface area (Å²) < 4.78 is 5.80. The average molecular weight is 502 g/mol. The number of aliphatic imine (C=N–C) groups is 1. The van der Waals surface area contributed by atoms with Crippen LogP contribution in [0.1, 0.15) is 10.4 Å². The summed E-state index contributed by atoms with van der Waals surface area (Å²) in [5.74, 6) is 1.59. The molecular weight excluding hydrogens is 479 g/mol. The van der Waals surface area contributed by atoms with Crippen molar-refractivity contribution in [1.29, 1.82) is 0 Å². The van der Waals surface area contributed by atoms with E-state index in [0.717, 1.165) is 11.4 Å². The number of ether oxygens (including phenoxy) is 1. The predicted molar refractivity (Wildman–Crippen MR) is 127 cm³/mol. The highest BCUT2D eigenvalue weighted by molar-refractivity contribution is 14.0. The Bertz CT molecular complexity index is 934. The van der Waals surface area contributed by atoms with Crippen LogP contribution in [0.25, 0.3) is 0 Å². The zero-order valence-electron chi connectivity index (χ0n) is 15.7. The minimum atomic E-state index is -0.131. The third-order valence-corrected chi connectivity index (χ3v) is 3.80. The van der Waals surface area contributed by atoms with Gasteiger partial charge in [-0.05, 0) is 36.4 Å². The first-order chi connectivity index (χ1) is 13.7. The Kier molecular flexibility index (Phi) is 8.97. The second-order valence-electron chi connectivity index (χ2n) is 5.96. The third kappa shape index (κ3) is 7.46. The number of carbonyl (C=O) groups excluding carboxylic acids is 1. The molecule has 0 unspecified atom stereocenters. The summed E-state index contributed by atoms with van der Waals surface area (Å²) in [6.45, 7) is 0.769. The van der Waals surface area contributed by atoms with Crippen molar-refractivity contribution in [3.8, 4) is 11.5 Å². The number of hydrogen-bond donors (Lipinski definition) is 3. The first-order valence-electron chi connectivity index (χ1n) is 8.94. The summed E-state index contributed by atoms with van der Waals surface area (Å²) in [4.78, 5) is 16.2. The van der Waals surface area contributed by atoms with Gasteiger partial charge in [0, 0.05) is 23.9 Å². The minimum Gasteiger partial charge on any atom is -0.457 e. The Hall–Kier alpha value is -3.07. The number of benzene rings is 3. The van der Waals surface area contributed by atoms with Gasteiger partial charge < -0.3 is 21.1 Å². The number of nitrogens with two attached hydrogens (primary N) is 1. The maximum Gasteiger partial charge on any atom is 0.251 e. The Morgan fingerprint density at radius 2 is 1.55 bits per heavy atom. The summed E-state index contributed by atoms with van der Waals surface area (Å²) in [5, 5.41) is 5.83. The lowest BCUT2D eigenvalue weighted by atomic mass is 10.2. The van der Waals surface area contributed by atoms with Crippen molar-refractivity contribution in [3.05, 3.63) is 90.5 Å². The highest BCUT2D eigenvalue weighted by atomic mass is 127. The first kappa shape index (κ1) is 22.2. The van der Waals surface area contributed by atoms with E-state index in [1.165, 1.54) is 0 Å². The molecule has 0 heterocycles. The molecule has 0 saturated carbocycles. The number of anilines is 1. The molecule has 0 aromatic heterocycles. The largest absolute Gasteiger partial charge is 0.457 e. The second-order valence-corrected chi connectivity index (χ2v) is 5.96. The van der Waals surface area contributed by atoms with Crippen molar-refractivity contribution in [1.82, 2.24) is 5.32 Å². The number of nitrogens with zero attached hydrogens (tertiary/aromatic N) is 1. The van der Waals surface area contributed by atoms with Gasteiger partial charge in [-0.1, -0.05) is 42.5 Å². The van der Waals surface area contributed by atoms with E-state index in [-0.39, 0.29) is 35.8 Å².